The molecule has 3 rings (SSSR count). The molecule has 1 aromatic rings. The van der Waals surface area contributed by atoms with Crippen LogP contribution in [0.2, 0.25) is 0 Å². The molecule has 0 spiro atoms. The first-order chi connectivity index (χ1) is 8.93. The first kappa shape index (κ1) is 12.2. The van der Waals surface area contributed by atoms with Gasteiger partial charge in [0.2, 0.25) is 0 Å². The van der Waals surface area contributed by atoms with Crippen LogP contribution in [0.5, 0.6) is 0 Å². The second-order valence-corrected chi connectivity index (χ2v) is 5.63. The van der Waals surface area contributed by atoms with Crippen LogP contribution in [0.15, 0.2) is 18.2 Å². The first-order valence-corrected chi connectivity index (χ1v) is 7.36. The van der Waals surface area contributed by atoms with Crippen molar-refractivity contribution in [3.05, 3.63) is 35.4 Å². The van der Waals surface area contributed by atoms with Crippen LogP contribution in [0.4, 0.5) is 0 Å². The minimum absolute atomic E-state index is 0.730. The van der Waals surface area contributed by atoms with Crippen molar-refractivity contribution in [3.63, 3.8) is 0 Å². The summed E-state index contributed by atoms with van der Waals surface area (Å²) in [7, 11) is 0. The molecule has 0 bridgehead atoms. The van der Waals surface area contributed by atoms with E-state index >= 15 is 0 Å². The molecule has 18 heavy (non-hydrogen) atoms. The fraction of sp³-hybridized carbons (Fsp3) is 0.625. The highest BCUT2D eigenvalue weighted by Crippen LogP contribution is 2.30. The molecule has 2 heterocycles. The molecule has 2 N–H and O–H groups in total. The molecule has 0 amide bonds. The Kier molecular flexibility index (Phi) is 3.96. The summed E-state index contributed by atoms with van der Waals surface area (Å²) >= 11 is 0. The number of rotatable bonds is 2. The summed E-state index contributed by atoms with van der Waals surface area (Å²) in [5, 5.41) is 6.89. The van der Waals surface area contributed by atoms with E-state index in [9.17, 15) is 0 Å². The number of piperidine rings is 2. The predicted molar refractivity (Wildman–Crippen MR) is 75.0 cm³/mol. The summed E-state index contributed by atoms with van der Waals surface area (Å²) in [5.41, 5.74) is 3.00. The van der Waals surface area contributed by atoms with Crippen LogP contribution < -0.4 is 10.6 Å². The van der Waals surface area contributed by atoms with Crippen molar-refractivity contribution in [3.8, 4) is 0 Å². The van der Waals surface area contributed by atoms with Crippen LogP contribution in [0, 0.1) is 6.07 Å². The molecule has 2 fully saturated rings. The van der Waals surface area contributed by atoms with Crippen molar-refractivity contribution < 1.29 is 0 Å². The zero-order valence-corrected chi connectivity index (χ0v) is 11.0. The second kappa shape index (κ2) is 5.85. The van der Waals surface area contributed by atoms with Crippen molar-refractivity contribution >= 4 is 0 Å². The Balaban J connectivity index is 1.75. The molecule has 0 atom stereocenters. The van der Waals surface area contributed by atoms with Crippen LogP contribution >= 0.6 is 0 Å². The van der Waals surface area contributed by atoms with Gasteiger partial charge in [0.1, 0.15) is 0 Å². The average Bonchev–Trinajstić information content (AvgIpc) is 2.49. The van der Waals surface area contributed by atoms with E-state index in [2.05, 4.69) is 34.9 Å². The first-order valence-electron chi connectivity index (χ1n) is 7.36. The van der Waals surface area contributed by atoms with E-state index in [1.807, 2.05) is 0 Å². The van der Waals surface area contributed by atoms with Crippen LogP contribution in [0.25, 0.3) is 0 Å². The minimum Gasteiger partial charge on any atom is -0.317 e. The normalized spacial score (nSPS) is 23.1. The van der Waals surface area contributed by atoms with Gasteiger partial charge in [-0.05, 0) is 80.9 Å². The second-order valence-electron chi connectivity index (χ2n) is 5.63. The molecule has 2 heteroatoms. The van der Waals surface area contributed by atoms with E-state index in [0.29, 0.717) is 0 Å². The molecule has 0 unspecified atom stereocenters. The van der Waals surface area contributed by atoms with Crippen LogP contribution in [-0.2, 0) is 0 Å². The lowest BCUT2D eigenvalue weighted by molar-refractivity contribution is 0.452. The van der Waals surface area contributed by atoms with Crippen molar-refractivity contribution in [2.45, 2.75) is 37.5 Å². The fourth-order valence-corrected chi connectivity index (χ4v) is 3.28. The zero-order valence-electron chi connectivity index (χ0n) is 11.0. The van der Waals surface area contributed by atoms with E-state index in [-0.39, 0.29) is 0 Å². The Labute approximate surface area is 110 Å². The van der Waals surface area contributed by atoms with Crippen molar-refractivity contribution in [2.75, 3.05) is 26.2 Å². The van der Waals surface area contributed by atoms with Gasteiger partial charge in [0.15, 0.2) is 0 Å². The van der Waals surface area contributed by atoms with Crippen molar-refractivity contribution in [2.24, 2.45) is 0 Å². The maximum atomic E-state index is 3.47. The Morgan fingerprint density at radius 2 is 1.50 bits per heavy atom. The maximum absolute atomic E-state index is 3.47. The molecule has 0 saturated carbocycles. The number of benzene rings is 1. The largest absolute Gasteiger partial charge is 0.317 e. The predicted octanol–water partition coefficient (Wildman–Crippen LogP) is 2.42. The van der Waals surface area contributed by atoms with Gasteiger partial charge in [-0.2, -0.15) is 0 Å². The highest BCUT2D eigenvalue weighted by atomic mass is 14.9. The lowest BCUT2D eigenvalue weighted by atomic mass is 9.85. The molecule has 97 valence electrons. The quantitative estimate of drug-likeness (QED) is 0.833. The molecule has 2 nitrogen and oxygen atoms in total. The zero-order chi connectivity index (χ0) is 12.2. The monoisotopic (exact) mass is 243 g/mol. The molecule has 1 radical (unpaired) electrons. The lowest BCUT2D eigenvalue weighted by Gasteiger charge is -2.26. The van der Waals surface area contributed by atoms with Gasteiger partial charge in [0.25, 0.3) is 0 Å². The number of hydrogen-bond acceptors (Lipinski definition) is 2. The molecule has 2 saturated heterocycles. The minimum atomic E-state index is 0.730. The van der Waals surface area contributed by atoms with Gasteiger partial charge in [-0.25, -0.2) is 0 Å². The van der Waals surface area contributed by atoms with Gasteiger partial charge in [-0.15, -0.1) is 0 Å². The van der Waals surface area contributed by atoms with Crippen LogP contribution in [0.3, 0.4) is 0 Å². The summed E-state index contributed by atoms with van der Waals surface area (Å²) in [4.78, 5) is 0. The number of hydrogen-bond donors (Lipinski definition) is 2. The Morgan fingerprint density at radius 3 is 2.17 bits per heavy atom. The fourth-order valence-electron chi connectivity index (χ4n) is 3.28. The molecule has 0 aliphatic carbocycles. The topological polar surface area (TPSA) is 24.1 Å². The molecular formula is C16H23N2. The van der Waals surface area contributed by atoms with E-state index in [1.165, 1.54) is 44.3 Å². The van der Waals surface area contributed by atoms with Gasteiger partial charge >= 0.3 is 0 Å². The average molecular weight is 243 g/mol. The third-order valence-electron chi connectivity index (χ3n) is 4.44. The molecule has 2 aliphatic rings. The van der Waals surface area contributed by atoms with Crippen LogP contribution in [0.1, 0.15) is 48.6 Å². The highest BCUT2D eigenvalue weighted by Gasteiger charge is 2.19. The van der Waals surface area contributed by atoms with Gasteiger partial charge < -0.3 is 10.6 Å². The summed E-state index contributed by atoms with van der Waals surface area (Å²) in [5.74, 6) is 1.49. The van der Waals surface area contributed by atoms with Gasteiger partial charge in [-0.3, -0.25) is 0 Å². The lowest BCUT2D eigenvalue weighted by Crippen LogP contribution is -2.27. The van der Waals surface area contributed by atoms with Gasteiger partial charge in [-0.1, -0.05) is 18.2 Å². The molecular weight excluding hydrogens is 220 g/mol. The van der Waals surface area contributed by atoms with E-state index in [0.717, 1.165) is 24.9 Å². The highest BCUT2D eigenvalue weighted by molar-refractivity contribution is 5.28. The Morgan fingerprint density at radius 1 is 0.889 bits per heavy atom. The summed E-state index contributed by atoms with van der Waals surface area (Å²) in [6, 6.07) is 10.3. The third kappa shape index (κ3) is 2.76. The van der Waals surface area contributed by atoms with Crippen molar-refractivity contribution in [1.82, 2.24) is 10.6 Å². The Bertz CT molecular complexity index is 343. The summed E-state index contributed by atoms with van der Waals surface area (Å²) in [6.07, 6.45) is 5.11. The van der Waals surface area contributed by atoms with E-state index in [4.69, 9.17) is 0 Å². The van der Waals surface area contributed by atoms with Gasteiger partial charge in [0, 0.05) is 0 Å². The summed E-state index contributed by atoms with van der Waals surface area (Å²) < 4.78 is 0. The van der Waals surface area contributed by atoms with Gasteiger partial charge in [0.05, 0.1) is 0 Å². The summed E-state index contributed by atoms with van der Waals surface area (Å²) in [6.45, 7) is 4.67. The SMILES string of the molecule is [c]1ccc(C2CCNCC2)cc1C1CCNCC1. The molecule has 0 aromatic heterocycles. The molecule has 1 aromatic carbocycles. The smallest absolute Gasteiger partial charge is 0.00431 e. The van der Waals surface area contributed by atoms with Crippen LogP contribution in [-0.4, -0.2) is 26.2 Å². The number of nitrogens with one attached hydrogen (secondary N) is 2. The Hall–Kier alpha value is -0.860. The van der Waals surface area contributed by atoms with Crippen molar-refractivity contribution in [1.29, 1.82) is 0 Å². The molecule has 2 aliphatic heterocycles. The standard InChI is InChI=1S/C16H23N2/c1-2-15(13-4-8-17-9-5-13)12-16(3-1)14-6-10-18-11-7-14/h1-2,12-14,17-18H,4-11H2. The third-order valence-corrected chi connectivity index (χ3v) is 4.44. The van der Waals surface area contributed by atoms with E-state index < -0.39 is 0 Å². The van der Waals surface area contributed by atoms with E-state index in [1.54, 1.807) is 5.56 Å². The maximum Gasteiger partial charge on any atom is -0.00431 e.